The molecule has 0 radical (unpaired) electrons. The van der Waals surface area contributed by atoms with Gasteiger partial charge in [0, 0.05) is 5.56 Å². The first-order chi connectivity index (χ1) is 6.33. The van der Waals surface area contributed by atoms with E-state index in [1.54, 1.807) is 24.5 Å². The van der Waals surface area contributed by atoms with E-state index >= 15 is 0 Å². The molecule has 4 nitrogen and oxygen atoms in total. The molecular weight excluding hydrogens is 170 g/mol. The van der Waals surface area contributed by atoms with E-state index in [1.165, 1.54) is 0 Å². The quantitative estimate of drug-likeness (QED) is 0.475. The van der Waals surface area contributed by atoms with Gasteiger partial charge in [-0.15, -0.1) is 5.26 Å². The van der Waals surface area contributed by atoms with Crippen molar-refractivity contribution in [3.05, 3.63) is 29.3 Å². The van der Waals surface area contributed by atoms with Crippen LogP contribution in [-0.4, -0.2) is 5.97 Å². The molecule has 0 unspecified atom stereocenters. The lowest BCUT2D eigenvalue weighted by molar-refractivity contribution is 0.0534. The SMILES string of the molecule is N#COc1cccc2c1COC2=O. The molecule has 0 bridgehead atoms. The third-order valence-corrected chi connectivity index (χ3v) is 1.86. The fourth-order valence-corrected chi connectivity index (χ4v) is 1.27. The van der Waals surface area contributed by atoms with Crippen LogP contribution in [0.3, 0.4) is 0 Å². The number of nitriles is 1. The maximum atomic E-state index is 11.1. The van der Waals surface area contributed by atoms with E-state index in [9.17, 15) is 4.79 Å². The molecule has 64 valence electrons. The maximum absolute atomic E-state index is 11.1. The Balaban J connectivity index is 2.52. The third-order valence-electron chi connectivity index (χ3n) is 1.86. The summed E-state index contributed by atoms with van der Waals surface area (Å²) in [6, 6.07) is 4.93. The molecule has 4 heteroatoms. The van der Waals surface area contributed by atoms with Crippen LogP contribution < -0.4 is 4.74 Å². The van der Waals surface area contributed by atoms with Crippen LogP contribution >= 0.6 is 0 Å². The van der Waals surface area contributed by atoms with Crippen molar-refractivity contribution >= 4 is 5.97 Å². The van der Waals surface area contributed by atoms with Gasteiger partial charge in [-0.2, -0.15) is 0 Å². The Morgan fingerprint density at radius 3 is 3.15 bits per heavy atom. The highest BCUT2D eigenvalue weighted by molar-refractivity contribution is 5.94. The van der Waals surface area contributed by atoms with Gasteiger partial charge in [0.25, 0.3) is 6.26 Å². The van der Waals surface area contributed by atoms with E-state index in [1.807, 2.05) is 0 Å². The molecule has 13 heavy (non-hydrogen) atoms. The van der Waals surface area contributed by atoms with Gasteiger partial charge in [-0.3, -0.25) is 0 Å². The normalized spacial score (nSPS) is 13.0. The molecule has 0 aromatic heterocycles. The largest absolute Gasteiger partial charge is 0.457 e. The fourth-order valence-electron chi connectivity index (χ4n) is 1.27. The summed E-state index contributed by atoms with van der Waals surface area (Å²) in [6.45, 7) is 0.187. The van der Waals surface area contributed by atoms with Gasteiger partial charge in [0.1, 0.15) is 12.4 Å². The van der Waals surface area contributed by atoms with Crippen molar-refractivity contribution in [2.75, 3.05) is 0 Å². The minimum Gasteiger partial charge on any atom is -0.457 e. The molecule has 1 aromatic carbocycles. The molecule has 1 aliphatic rings. The lowest BCUT2D eigenvalue weighted by atomic mass is 10.1. The monoisotopic (exact) mass is 175 g/mol. The molecule has 0 atom stereocenters. The van der Waals surface area contributed by atoms with Crippen molar-refractivity contribution in [1.29, 1.82) is 5.26 Å². The number of hydrogen-bond acceptors (Lipinski definition) is 4. The molecule has 1 aromatic rings. The van der Waals surface area contributed by atoms with Gasteiger partial charge in [0.15, 0.2) is 0 Å². The van der Waals surface area contributed by atoms with Crippen LogP contribution in [-0.2, 0) is 11.3 Å². The van der Waals surface area contributed by atoms with Crippen LogP contribution in [0.1, 0.15) is 15.9 Å². The van der Waals surface area contributed by atoms with Gasteiger partial charge in [0.05, 0.1) is 5.56 Å². The summed E-state index contributed by atoms with van der Waals surface area (Å²) in [7, 11) is 0. The second kappa shape index (κ2) is 2.79. The van der Waals surface area contributed by atoms with E-state index in [-0.39, 0.29) is 12.6 Å². The van der Waals surface area contributed by atoms with E-state index in [0.29, 0.717) is 16.9 Å². The summed E-state index contributed by atoms with van der Waals surface area (Å²) < 4.78 is 9.45. The Bertz CT molecular complexity index is 406. The fraction of sp³-hybridized carbons (Fsp3) is 0.111. The number of nitrogens with zero attached hydrogens (tertiary/aromatic N) is 1. The number of ether oxygens (including phenoxy) is 2. The van der Waals surface area contributed by atoms with Crippen LogP contribution in [0.4, 0.5) is 0 Å². The zero-order chi connectivity index (χ0) is 9.26. The average Bonchev–Trinajstić information content (AvgIpc) is 2.50. The van der Waals surface area contributed by atoms with Crippen molar-refractivity contribution in [3.63, 3.8) is 0 Å². The number of benzene rings is 1. The Morgan fingerprint density at radius 2 is 2.38 bits per heavy atom. The highest BCUT2D eigenvalue weighted by Crippen LogP contribution is 2.28. The topological polar surface area (TPSA) is 59.3 Å². The van der Waals surface area contributed by atoms with Crippen molar-refractivity contribution in [1.82, 2.24) is 0 Å². The number of hydrogen-bond donors (Lipinski definition) is 0. The summed E-state index contributed by atoms with van der Waals surface area (Å²) in [5.74, 6) is 0.0317. The molecule has 0 amide bonds. The lowest BCUT2D eigenvalue weighted by Crippen LogP contribution is -1.93. The molecule has 0 aliphatic carbocycles. The van der Waals surface area contributed by atoms with Gasteiger partial charge in [-0.1, -0.05) is 6.07 Å². The number of carbonyl (C=O) groups excluding carboxylic acids is 1. The summed E-state index contributed by atoms with van der Waals surface area (Å²) in [4.78, 5) is 11.1. The van der Waals surface area contributed by atoms with E-state index in [0.717, 1.165) is 0 Å². The number of carbonyl (C=O) groups is 1. The summed E-state index contributed by atoms with van der Waals surface area (Å²) >= 11 is 0. The molecule has 0 saturated carbocycles. The molecule has 0 fully saturated rings. The minimum absolute atomic E-state index is 0.187. The average molecular weight is 175 g/mol. The molecule has 1 aliphatic heterocycles. The van der Waals surface area contributed by atoms with E-state index in [4.69, 9.17) is 10.00 Å². The first kappa shape index (κ1) is 7.62. The van der Waals surface area contributed by atoms with Crippen LogP contribution in [0.25, 0.3) is 0 Å². The molecular formula is C9H5NO3. The molecule has 1 heterocycles. The van der Waals surface area contributed by atoms with Gasteiger partial charge in [-0.05, 0) is 12.1 Å². The molecule has 0 saturated heterocycles. The smallest absolute Gasteiger partial charge is 0.339 e. The number of esters is 1. The Morgan fingerprint density at radius 1 is 1.54 bits per heavy atom. The van der Waals surface area contributed by atoms with Crippen LogP contribution in [0.5, 0.6) is 5.75 Å². The van der Waals surface area contributed by atoms with Crippen molar-refractivity contribution in [3.8, 4) is 12.0 Å². The zero-order valence-electron chi connectivity index (χ0n) is 6.61. The van der Waals surface area contributed by atoms with Gasteiger partial charge < -0.3 is 9.47 Å². The lowest BCUT2D eigenvalue weighted by Gasteiger charge is -1.99. The first-order valence-electron chi connectivity index (χ1n) is 3.68. The molecule has 0 spiro atoms. The van der Waals surface area contributed by atoms with Crippen molar-refractivity contribution < 1.29 is 14.3 Å². The highest BCUT2D eigenvalue weighted by Gasteiger charge is 2.24. The maximum Gasteiger partial charge on any atom is 0.339 e. The van der Waals surface area contributed by atoms with Crippen LogP contribution in [0.15, 0.2) is 18.2 Å². The summed E-state index contributed by atoms with van der Waals surface area (Å²) in [5, 5.41) is 8.32. The number of rotatable bonds is 1. The van der Waals surface area contributed by atoms with E-state index in [2.05, 4.69) is 4.74 Å². The standard InChI is InChI=1S/C9H5NO3/c10-5-13-8-3-1-2-6-7(8)4-12-9(6)11/h1-3H,4H2. The predicted octanol–water partition coefficient (Wildman–Crippen LogP) is 1.22. The minimum atomic E-state index is -0.363. The third kappa shape index (κ3) is 1.11. The second-order valence-electron chi connectivity index (χ2n) is 2.55. The van der Waals surface area contributed by atoms with Gasteiger partial charge in [0.2, 0.25) is 0 Å². The van der Waals surface area contributed by atoms with Crippen LogP contribution in [0, 0.1) is 11.5 Å². The van der Waals surface area contributed by atoms with Gasteiger partial charge in [-0.25, -0.2) is 4.79 Å². The Kier molecular flexibility index (Phi) is 1.64. The summed E-state index contributed by atoms with van der Waals surface area (Å²) in [6.07, 6.45) is 1.56. The summed E-state index contributed by atoms with van der Waals surface area (Å²) in [5.41, 5.74) is 1.13. The van der Waals surface area contributed by atoms with Crippen LogP contribution in [0.2, 0.25) is 0 Å². The Hall–Kier alpha value is -2.02. The zero-order valence-corrected chi connectivity index (χ0v) is 6.61. The first-order valence-corrected chi connectivity index (χ1v) is 3.68. The second-order valence-corrected chi connectivity index (χ2v) is 2.55. The van der Waals surface area contributed by atoms with E-state index < -0.39 is 0 Å². The number of cyclic esters (lactones) is 1. The van der Waals surface area contributed by atoms with Gasteiger partial charge >= 0.3 is 5.97 Å². The molecule has 0 N–H and O–H groups in total. The van der Waals surface area contributed by atoms with Crippen molar-refractivity contribution in [2.45, 2.75) is 6.61 Å². The Labute approximate surface area is 74.3 Å². The predicted molar refractivity (Wildman–Crippen MR) is 41.8 cm³/mol. The molecule has 2 rings (SSSR count). The highest BCUT2D eigenvalue weighted by atomic mass is 16.5. The number of fused-ring (bicyclic) bond motifs is 1. The van der Waals surface area contributed by atoms with Crippen molar-refractivity contribution in [2.24, 2.45) is 0 Å².